The van der Waals surface area contributed by atoms with Crippen molar-refractivity contribution in [2.45, 2.75) is 28.9 Å². The molecule has 4 rings (SSSR count). The molecule has 1 aromatic carbocycles. The molecule has 96 valence electrons. The Hall–Kier alpha value is -0.311. The van der Waals surface area contributed by atoms with Crippen molar-refractivity contribution >= 4 is 40.0 Å². The fourth-order valence-electron chi connectivity index (χ4n) is 3.18. The summed E-state index contributed by atoms with van der Waals surface area (Å²) in [4.78, 5) is 12.2. The molecule has 3 aliphatic rings. The molecule has 0 aliphatic heterocycles. The first-order valence-electron chi connectivity index (χ1n) is 6.31. The van der Waals surface area contributed by atoms with Crippen LogP contribution in [0.5, 0.6) is 0 Å². The van der Waals surface area contributed by atoms with E-state index in [9.17, 15) is 8.63 Å². The van der Waals surface area contributed by atoms with Gasteiger partial charge in [-0.25, -0.2) is 0 Å². The van der Waals surface area contributed by atoms with E-state index in [-0.39, 0.29) is 15.6 Å². The van der Waals surface area contributed by atoms with Crippen molar-refractivity contribution in [3.05, 3.63) is 30.3 Å². The number of Topliss-reactive ketones (excluding diaryl/α,β-unsaturated/α-hetero) is 1. The number of fused-ring (bicyclic) bond motifs is 3. The molecule has 0 spiro atoms. The van der Waals surface area contributed by atoms with Crippen molar-refractivity contribution in [2.75, 3.05) is 0 Å². The summed E-state index contributed by atoms with van der Waals surface area (Å²) in [6.45, 7) is 0. The number of halogens is 1. The van der Waals surface area contributed by atoms with Crippen LogP contribution in [-0.2, 0) is 8.63 Å². The Labute approximate surface area is 119 Å². The molecule has 18 heavy (non-hydrogen) atoms. The van der Waals surface area contributed by atoms with Gasteiger partial charge in [-0.3, -0.25) is 0 Å². The van der Waals surface area contributed by atoms with Gasteiger partial charge >= 0.3 is 120 Å². The number of ketones is 1. The van der Waals surface area contributed by atoms with E-state index in [0.717, 1.165) is 17.3 Å². The Bertz CT molecular complexity index is 486. The van der Waals surface area contributed by atoms with E-state index in [1.54, 1.807) is 0 Å². The van der Waals surface area contributed by atoms with Crippen molar-refractivity contribution in [1.29, 1.82) is 0 Å². The third-order valence-corrected chi connectivity index (χ3v) is 10.1. The Morgan fingerprint density at radius 3 is 2.50 bits per heavy atom. The van der Waals surface area contributed by atoms with Crippen molar-refractivity contribution < 1.29 is 8.63 Å². The molecule has 0 radical (unpaired) electrons. The molecule has 0 amide bonds. The maximum absolute atomic E-state index is 12.8. The predicted molar refractivity (Wildman–Crippen MR) is 74.8 cm³/mol. The number of benzene rings is 1. The number of carbonyl (C=O) groups excluding carboxylic acids is 1. The van der Waals surface area contributed by atoms with Crippen LogP contribution in [0.3, 0.4) is 0 Å². The second-order valence-electron chi connectivity index (χ2n) is 5.13. The van der Waals surface area contributed by atoms with Crippen molar-refractivity contribution in [3.63, 3.8) is 0 Å². The third kappa shape index (κ3) is 2.04. The van der Waals surface area contributed by atoms with Gasteiger partial charge in [-0.05, 0) is 0 Å². The first-order valence-corrected chi connectivity index (χ1v) is 9.77. The molecular formula is C14H15BrO2Se. The van der Waals surface area contributed by atoms with E-state index in [2.05, 4.69) is 15.9 Å². The van der Waals surface area contributed by atoms with Gasteiger partial charge in [0.1, 0.15) is 0 Å². The van der Waals surface area contributed by atoms with Crippen LogP contribution in [-0.4, -0.2) is 24.4 Å². The molecule has 0 N–H and O–H groups in total. The maximum atomic E-state index is 12.8. The molecule has 0 heterocycles. The van der Waals surface area contributed by atoms with Gasteiger partial charge in [-0.2, -0.15) is 0 Å². The minimum absolute atomic E-state index is 0.101. The normalized spacial score (nSPS) is 36.6. The van der Waals surface area contributed by atoms with Crippen LogP contribution < -0.4 is 4.46 Å². The molecule has 3 aliphatic carbocycles. The summed E-state index contributed by atoms with van der Waals surface area (Å²) in [6.07, 6.45) is 2.69. The fraction of sp³-hybridized carbons (Fsp3) is 0.500. The molecule has 0 saturated heterocycles. The SMILES string of the molecule is O=C1C[C@@H]2CC[C@H]1C(Br)C2[Se](=O)c1ccccc1. The van der Waals surface area contributed by atoms with Crippen LogP contribution in [0.2, 0.25) is 4.82 Å². The molecular weight excluding hydrogens is 359 g/mol. The van der Waals surface area contributed by atoms with E-state index in [0.29, 0.717) is 18.1 Å². The van der Waals surface area contributed by atoms with Crippen LogP contribution in [0.25, 0.3) is 0 Å². The van der Waals surface area contributed by atoms with Crippen molar-refractivity contribution in [3.8, 4) is 0 Å². The Kier molecular flexibility index (Phi) is 3.52. The van der Waals surface area contributed by atoms with Crippen LogP contribution >= 0.6 is 15.9 Å². The average molecular weight is 374 g/mol. The number of alkyl halides is 1. The molecule has 1 aromatic rings. The molecule has 3 unspecified atom stereocenters. The summed E-state index contributed by atoms with van der Waals surface area (Å²) in [6, 6.07) is 9.76. The van der Waals surface area contributed by atoms with E-state index in [1.165, 1.54) is 0 Å². The predicted octanol–water partition coefficient (Wildman–Crippen LogP) is 2.45. The van der Waals surface area contributed by atoms with E-state index >= 15 is 0 Å². The number of hydrogen-bond acceptors (Lipinski definition) is 2. The van der Waals surface area contributed by atoms with Crippen molar-refractivity contribution in [2.24, 2.45) is 11.8 Å². The fourth-order valence-corrected chi connectivity index (χ4v) is 8.85. The average Bonchev–Trinajstić information content (AvgIpc) is 2.39. The molecule has 2 bridgehead atoms. The zero-order chi connectivity index (χ0) is 12.7. The standard InChI is InChI=1S/C14H15BrO2Se/c15-13-11-7-6-9(8-12(11)16)14(13)18(17)10-4-2-1-3-5-10/h1-5,9,11,13-14H,6-8H2/t9-,11+,13?,14?,18?/m0/s1. The zero-order valence-corrected chi connectivity index (χ0v) is 13.2. The van der Waals surface area contributed by atoms with Gasteiger partial charge in [-0.1, -0.05) is 0 Å². The van der Waals surface area contributed by atoms with Crippen LogP contribution in [0.15, 0.2) is 30.3 Å². The monoisotopic (exact) mass is 374 g/mol. The molecule has 2 nitrogen and oxygen atoms in total. The second kappa shape index (κ2) is 4.99. The van der Waals surface area contributed by atoms with Gasteiger partial charge in [0.15, 0.2) is 0 Å². The van der Waals surface area contributed by atoms with Gasteiger partial charge in [-0.15, -0.1) is 0 Å². The second-order valence-corrected chi connectivity index (χ2v) is 9.57. The van der Waals surface area contributed by atoms with Gasteiger partial charge in [0.25, 0.3) is 0 Å². The van der Waals surface area contributed by atoms with E-state index in [1.807, 2.05) is 30.3 Å². The van der Waals surface area contributed by atoms with E-state index in [4.69, 9.17) is 0 Å². The van der Waals surface area contributed by atoms with Crippen molar-refractivity contribution in [1.82, 2.24) is 0 Å². The van der Waals surface area contributed by atoms with Gasteiger partial charge in [0.05, 0.1) is 0 Å². The van der Waals surface area contributed by atoms with Crippen LogP contribution in [0.1, 0.15) is 19.3 Å². The summed E-state index contributed by atoms with van der Waals surface area (Å²) in [5.74, 6) is 0.801. The Morgan fingerprint density at radius 2 is 1.89 bits per heavy atom. The van der Waals surface area contributed by atoms with Gasteiger partial charge < -0.3 is 0 Å². The molecule has 3 fully saturated rings. The Morgan fingerprint density at radius 1 is 1.17 bits per heavy atom. The number of hydrogen-bond donors (Lipinski definition) is 0. The molecule has 4 heteroatoms. The summed E-state index contributed by atoms with van der Waals surface area (Å²) >= 11 is 1.59. The van der Waals surface area contributed by atoms with Gasteiger partial charge in [0, 0.05) is 0 Å². The number of rotatable bonds is 2. The number of carbonyl (C=O) groups is 1. The summed E-state index contributed by atoms with van der Waals surface area (Å²) in [5.41, 5.74) is 0. The molecule has 0 aromatic heterocycles. The molecule has 3 saturated carbocycles. The topological polar surface area (TPSA) is 34.1 Å². The van der Waals surface area contributed by atoms with Gasteiger partial charge in [0.2, 0.25) is 0 Å². The first kappa shape index (κ1) is 12.7. The Balaban J connectivity index is 1.89. The van der Waals surface area contributed by atoms with E-state index < -0.39 is 13.8 Å². The van der Waals surface area contributed by atoms with Crippen LogP contribution in [0.4, 0.5) is 0 Å². The first-order chi connectivity index (χ1) is 8.68. The minimum atomic E-state index is -2.07. The zero-order valence-electron chi connectivity index (χ0n) is 9.92. The molecule has 5 atom stereocenters. The quantitative estimate of drug-likeness (QED) is 0.589. The summed E-state index contributed by atoms with van der Waals surface area (Å²) in [7, 11) is 0. The summed E-state index contributed by atoms with van der Waals surface area (Å²) < 4.78 is 13.8. The third-order valence-electron chi connectivity index (χ3n) is 4.11. The van der Waals surface area contributed by atoms with Crippen LogP contribution in [0, 0.1) is 11.8 Å². The summed E-state index contributed by atoms with van der Waals surface area (Å²) in [5, 5.41) is 0.